The molecule has 0 spiro atoms. The monoisotopic (exact) mass is 338 g/mol. The van der Waals surface area contributed by atoms with Crippen LogP contribution in [0.25, 0.3) is 0 Å². The molecule has 0 aliphatic rings. The van der Waals surface area contributed by atoms with Crippen LogP contribution in [-0.4, -0.2) is 29.3 Å². The number of hydrogen-bond donors (Lipinski definition) is 4. The standard InChI is InChI=1S/C13H14N2OS2.CH5BO2/c1-17-15-11-5-2-4-10(8-11)9-12(16)14-13-6-3-7-18-13;1-2(3)4/h2-8,15H,9H2,1H3,(H,14,16);3-4H,1H3. The highest BCUT2D eigenvalue weighted by Crippen LogP contribution is 2.17. The van der Waals surface area contributed by atoms with Crippen molar-refractivity contribution in [2.24, 2.45) is 0 Å². The molecule has 1 amide bonds. The van der Waals surface area contributed by atoms with Gasteiger partial charge in [-0.1, -0.05) is 24.1 Å². The summed E-state index contributed by atoms with van der Waals surface area (Å²) in [7, 11) is -1.17. The van der Waals surface area contributed by atoms with E-state index >= 15 is 0 Å². The number of hydrogen-bond acceptors (Lipinski definition) is 6. The van der Waals surface area contributed by atoms with Crippen LogP contribution in [0.4, 0.5) is 10.7 Å². The summed E-state index contributed by atoms with van der Waals surface area (Å²) in [5.41, 5.74) is 2.02. The molecule has 8 heteroatoms. The van der Waals surface area contributed by atoms with E-state index in [1.54, 1.807) is 0 Å². The lowest BCUT2D eigenvalue weighted by molar-refractivity contribution is -0.115. The van der Waals surface area contributed by atoms with Gasteiger partial charge in [0.1, 0.15) is 0 Å². The maximum atomic E-state index is 11.8. The first-order valence-electron chi connectivity index (χ1n) is 6.58. The van der Waals surface area contributed by atoms with Gasteiger partial charge in [-0.2, -0.15) is 0 Å². The molecule has 0 aliphatic heterocycles. The van der Waals surface area contributed by atoms with Crippen molar-refractivity contribution < 1.29 is 14.8 Å². The van der Waals surface area contributed by atoms with Crippen molar-refractivity contribution in [2.45, 2.75) is 13.2 Å². The molecule has 0 fully saturated rings. The molecule has 4 N–H and O–H groups in total. The van der Waals surface area contributed by atoms with E-state index in [0.29, 0.717) is 6.42 Å². The second-order valence-corrected chi connectivity index (χ2v) is 5.90. The van der Waals surface area contributed by atoms with Gasteiger partial charge in [0.05, 0.1) is 11.4 Å². The molecule has 0 saturated heterocycles. The third-order valence-corrected chi connectivity index (χ3v) is 3.52. The minimum absolute atomic E-state index is 0.0127. The van der Waals surface area contributed by atoms with Crippen molar-refractivity contribution in [3.05, 3.63) is 47.3 Å². The van der Waals surface area contributed by atoms with Crippen molar-refractivity contribution >= 4 is 47.0 Å². The Morgan fingerprint density at radius 3 is 2.64 bits per heavy atom. The molecule has 0 unspecified atom stereocenters. The first kappa shape index (κ1) is 18.6. The highest BCUT2D eigenvalue weighted by Gasteiger charge is 2.05. The lowest BCUT2D eigenvalue weighted by atomic mass is 9.99. The van der Waals surface area contributed by atoms with Crippen LogP contribution in [0.15, 0.2) is 41.8 Å². The number of nitrogens with one attached hydrogen (secondary N) is 2. The largest absolute Gasteiger partial charge is 0.448 e. The fourth-order valence-electron chi connectivity index (χ4n) is 1.58. The van der Waals surface area contributed by atoms with Crippen LogP contribution in [0.3, 0.4) is 0 Å². The van der Waals surface area contributed by atoms with Crippen molar-refractivity contribution in [1.82, 2.24) is 0 Å². The van der Waals surface area contributed by atoms with Gasteiger partial charge in [-0.15, -0.1) is 11.3 Å². The van der Waals surface area contributed by atoms with E-state index in [9.17, 15) is 4.79 Å². The molecule has 22 heavy (non-hydrogen) atoms. The van der Waals surface area contributed by atoms with E-state index in [4.69, 9.17) is 10.0 Å². The van der Waals surface area contributed by atoms with E-state index in [1.807, 2.05) is 48.0 Å². The number of anilines is 2. The van der Waals surface area contributed by atoms with Gasteiger partial charge in [0.15, 0.2) is 0 Å². The van der Waals surface area contributed by atoms with E-state index in [-0.39, 0.29) is 5.91 Å². The Morgan fingerprint density at radius 1 is 1.32 bits per heavy atom. The molecular formula is C14H19BN2O3S2. The number of benzene rings is 1. The van der Waals surface area contributed by atoms with Crippen molar-refractivity contribution in [2.75, 3.05) is 16.3 Å². The molecule has 0 aliphatic carbocycles. The van der Waals surface area contributed by atoms with Crippen molar-refractivity contribution in [1.29, 1.82) is 0 Å². The van der Waals surface area contributed by atoms with E-state index in [1.165, 1.54) is 30.1 Å². The third kappa shape index (κ3) is 8.09. The summed E-state index contributed by atoms with van der Waals surface area (Å²) < 4.78 is 3.15. The molecule has 0 saturated carbocycles. The molecule has 118 valence electrons. The molecule has 0 radical (unpaired) electrons. The normalized spacial score (nSPS) is 9.45. The van der Waals surface area contributed by atoms with Gasteiger partial charge in [0.2, 0.25) is 5.91 Å². The molecule has 2 rings (SSSR count). The summed E-state index contributed by atoms with van der Waals surface area (Å²) >= 11 is 3.06. The predicted molar refractivity (Wildman–Crippen MR) is 96.3 cm³/mol. The Hall–Kier alpha value is -1.48. The molecule has 2 aromatic rings. The van der Waals surface area contributed by atoms with Crippen LogP contribution in [0.5, 0.6) is 0 Å². The molecule has 0 bridgehead atoms. The van der Waals surface area contributed by atoms with Crippen LogP contribution in [-0.2, 0) is 11.2 Å². The maximum absolute atomic E-state index is 11.8. The van der Waals surface area contributed by atoms with Crippen LogP contribution in [0.2, 0.25) is 6.82 Å². The summed E-state index contributed by atoms with van der Waals surface area (Å²) in [5.74, 6) is 0.0127. The third-order valence-electron chi connectivity index (χ3n) is 2.30. The van der Waals surface area contributed by atoms with Crippen molar-refractivity contribution in [3.8, 4) is 0 Å². The van der Waals surface area contributed by atoms with Crippen molar-refractivity contribution in [3.63, 3.8) is 0 Å². The Kier molecular flexibility index (Phi) is 8.68. The number of carbonyl (C=O) groups excluding carboxylic acids is 1. The van der Waals surface area contributed by atoms with E-state index in [0.717, 1.165) is 16.3 Å². The smallest absolute Gasteiger partial charge is 0.427 e. The second kappa shape index (κ2) is 10.3. The molecule has 1 aromatic carbocycles. The zero-order chi connectivity index (χ0) is 16.4. The van der Waals surface area contributed by atoms with Gasteiger partial charge in [0, 0.05) is 11.9 Å². The highest BCUT2D eigenvalue weighted by atomic mass is 32.2. The van der Waals surface area contributed by atoms with Gasteiger partial charge in [0.25, 0.3) is 0 Å². The second-order valence-electron chi connectivity index (χ2n) is 4.34. The summed E-state index contributed by atoms with van der Waals surface area (Å²) in [6, 6.07) is 11.7. The molecule has 1 aromatic heterocycles. The Labute approximate surface area is 139 Å². The first-order chi connectivity index (χ1) is 10.5. The summed E-state index contributed by atoms with van der Waals surface area (Å²) in [4.78, 5) is 11.8. The fourth-order valence-corrected chi connectivity index (χ4v) is 2.58. The Morgan fingerprint density at radius 2 is 2.05 bits per heavy atom. The quantitative estimate of drug-likeness (QED) is 0.498. The topological polar surface area (TPSA) is 81.6 Å². The van der Waals surface area contributed by atoms with Crippen LogP contribution in [0.1, 0.15) is 5.56 Å². The van der Waals surface area contributed by atoms with Gasteiger partial charge < -0.3 is 20.1 Å². The van der Waals surface area contributed by atoms with Gasteiger partial charge in [-0.3, -0.25) is 4.79 Å². The number of carbonyl (C=O) groups is 1. The molecular weight excluding hydrogens is 319 g/mol. The predicted octanol–water partition coefficient (Wildman–Crippen LogP) is 2.71. The van der Waals surface area contributed by atoms with Gasteiger partial charge in [-0.05, 0) is 42.0 Å². The summed E-state index contributed by atoms with van der Waals surface area (Å²) in [5, 5.41) is 20.9. The SMILES string of the molecule is CB(O)O.CSNc1cccc(CC(=O)Nc2cccs2)c1. The molecule has 0 atom stereocenters. The fraction of sp³-hybridized carbons (Fsp3) is 0.214. The zero-order valence-electron chi connectivity index (χ0n) is 12.4. The Balaban J connectivity index is 0.000000541. The number of rotatable bonds is 5. The minimum atomic E-state index is -1.17. The number of thiophene rings is 1. The van der Waals surface area contributed by atoms with Crippen LogP contribution >= 0.6 is 23.3 Å². The number of amides is 1. The van der Waals surface area contributed by atoms with Gasteiger partial charge >= 0.3 is 7.12 Å². The summed E-state index contributed by atoms with van der Waals surface area (Å²) in [6.07, 6.45) is 2.36. The molecule has 5 nitrogen and oxygen atoms in total. The lowest BCUT2D eigenvalue weighted by Gasteiger charge is -2.06. The van der Waals surface area contributed by atoms with Gasteiger partial charge in [-0.25, -0.2) is 0 Å². The zero-order valence-corrected chi connectivity index (χ0v) is 14.1. The van der Waals surface area contributed by atoms with Crippen LogP contribution < -0.4 is 10.0 Å². The highest BCUT2D eigenvalue weighted by molar-refractivity contribution is 7.99. The first-order valence-corrected chi connectivity index (χ1v) is 8.69. The van der Waals surface area contributed by atoms with E-state index < -0.39 is 7.12 Å². The maximum Gasteiger partial charge on any atom is 0.448 e. The average molecular weight is 338 g/mol. The average Bonchev–Trinajstić information content (AvgIpc) is 2.91. The van der Waals surface area contributed by atoms with Crippen LogP contribution in [0, 0.1) is 0 Å². The van der Waals surface area contributed by atoms with E-state index in [2.05, 4.69) is 10.0 Å². The Bertz CT molecular complexity index is 562. The summed E-state index contributed by atoms with van der Waals surface area (Å²) in [6.45, 7) is 1.28. The molecule has 1 heterocycles. The minimum Gasteiger partial charge on any atom is -0.427 e. The lowest BCUT2D eigenvalue weighted by Crippen LogP contribution is -2.13.